The second-order valence-corrected chi connectivity index (χ2v) is 9.54. The van der Waals surface area contributed by atoms with Crippen LogP contribution in [0.1, 0.15) is 43.0 Å². The van der Waals surface area contributed by atoms with Crippen LogP contribution in [0.5, 0.6) is 0 Å². The number of nitrogens with zero attached hydrogens (tertiary/aromatic N) is 3. The van der Waals surface area contributed by atoms with Crippen molar-refractivity contribution in [2.24, 2.45) is 0 Å². The molecule has 2 fully saturated rings. The number of sulfonamides is 1. The molecule has 0 amide bonds. The fourth-order valence-corrected chi connectivity index (χ4v) is 6.38. The number of pyridine rings is 1. The number of anilines is 1. The zero-order valence-corrected chi connectivity index (χ0v) is 15.8. The Bertz CT molecular complexity index is 815. The molecule has 2 saturated heterocycles. The van der Waals surface area contributed by atoms with E-state index in [9.17, 15) is 8.42 Å². The van der Waals surface area contributed by atoms with Gasteiger partial charge in [0.25, 0.3) is 0 Å². The Labute approximate surface area is 153 Å². The molecule has 2 aromatic rings. The van der Waals surface area contributed by atoms with Crippen molar-refractivity contribution in [1.82, 2.24) is 9.29 Å². The maximum Gasteiger partial charge on any atom is 0.246 e. The van der Waals surface area contributed by atoms with Crippen LogP contribution in [-0.2, 0) is 10.0 Å². The second kappa shape index (κ2) is 7.05. The molecule has 25 heavy (non-hydrogen) atoms. The van der Waals surface area contributed by atoms with Gasteiger partial charge < -0.3 is 4.90 Å². The van der Waals surface area contributed by atoms with Crippen molar-refractivity contribution >= 4 is 27.2 Å². The summed E-state index contributed by atoms with van der Waals surface area (Å²) in [5, 5.41) is 2.08. The van der Waals surface area contributed by atoms with Crippen LogP contribution < -0.4 is 4.90 Å². The molecule has 0 aliphatic carbocycles. The molecular formula is C18H23N3O2S2. The molecule has 4 heterocycles. The van der Waals surface area contributed by atoms with E-state index in [0.29, 0.717) is 23.8 Å². The molecule has 2 aliphatic rings. The lowest BCUT2D eigenvalue weighted by Crippen LogP contribution is -2.37. The summed E-state index contributed by atoms with van der Waals surface area (Å²) in [6.07, 6.45) is 6.79. The minimum Gasteiger partial charge on any atom is -0.348 e. The summed E-state index contributed by atoms with van der Waals surface area (Å²) in [6, 6.07) is 7.87. The van der Waals surface area contributed by atoms with E-state index in [1.807, 2.05) is 0 Å². The van der Waals surface area contributed by atoms with E-state index in [-0.39, 0.29) is 6.04 Å². The van der Waals surface area contributed by atoms with Gasteiger partial charge in [-0.25, -0.2) is 13.4 Å². The fraction of sp³-hybridized carbons (Fsp3) is 0.500. The molecule has 0 spiro atoms. The SMILES string of the molecule is O=S(=O)(c1cccnc1N1CCC[C@@H]1c1cccs1)N1CCCCC1. The van der Waals surface area contributed by atoms with Crippen molar-refractivity contribution < 1.29 is 8.42 Å². The molecule has 0 saturated carbocycles. The quantitative estimate of drug-likeness (QED) is 0.816. The maximum absolute atomic E-state index is 13.2. The van der Waals surface area contributed by atoms with Gasteiger partial charge in [0.15, 0.2) is 0 Å². The van der Waals surface area contributed by atoms with Crippen LogP contribution in [0.25, 0.3) is 0 Å². The van der Waals surface area contributed by atoms with Crippen LogP contribution >= 0.6 is 11.3 Å². The summed E-state index contributed by atoms with van der Waals surface area (Å²) in [4.78, 5) is 8.33. The smallest absolute Gasteiger partial charge is 0.246 e. The predicted molar refractivity (Wildman–Crippen MR) is 100 cm³/mol. The number of hydrogen-bond donors (Lipinski definition) is 0. The van der Waals surface area contributed by atoms with E-state index < -0.39 is 10.0 Å². The normalized spacial score (nSPS) is 22.4. The molecule has 5 nitrogen and oxygen atoms in total. The predicted octanol–water partition coefficient (Wildman–Crippen LogP) is 3.66. The monoisotopic (exact) mass is 377 g/mol. The first-order chi connectivity index (χ1) is 12.2. The summed E-state index contributed by atoms with van der Waals surface area (Å²) in [5.41, 5.74) is 0. The Balaban J connectivity index is 1.72. The lowest BCUT2D eigenvalue weighted by Gasteiger charge is -2.30. The highest BCUT2D eigenvalue weighted by Crippen LogP contribution is 2.40. The number of rotatable bonds is 4. The average molecular weight is 378 g/mol. The largest absolute Gasteiger partial charge is 0.348 e. The zero-order chi connectivity index (χ0) is 17.3. The van der Waals surface area contributed by atoms with Crippen molar-refractivity contribution in [2.45, 2.75) is 43.0 Å². The van der Waals surface area contributed by atoms with E-state index in [1.165, 1.54) is 4.88 Å². The van der Waals surface area contributed by atoms with E-state index in [1.54, 1.807) is 34.0 Å². The average Bonchev–Trinajstić information content (AvgIpc) is 3.33. The minimum absolute atomic E-state index is 0.227. The lowest BCUT2D eigenvalue weighted by atomic mass is 10.2. The molecule has 0 N–H and O–H groups in total. The lowest BCUT2D eigenvalue weighted by molar-refractivity contribution is 0.346. The van der Waals surface area contributed by atoms with E-state index in [4.69, 9.17) is 0 Å². The summed E-state index contributed by atoms with van der Waals surface area (Å²) >= 11 is 1.73. The Morgan fingerprint density at radius 3 is 2.64 bits per heavy atom. The highest BCUT2D eigenvalue weighted by atomic mass is 32.2. The molecule has 4 rings (SSSR count). The highest BCUT2D eigenvalue weighted by molar-refractivity contribution is 7.89. The number of aromatic nitrogens is 1. The van der Waals surface area contributed by atoms with Gasteiger partial charge in [-0.15, -0.1) is 11.3 Å². The van der Waals surface area contributed by atoms with Crippen molar-refractivity contribution in [3.63, 3.8) is 0 Å². The molecule has 0 bridgehead atoms. The molecule has 2 aliphatic heterocycles. The molecule has 7 heteroatoms. The summed E-state index contributed by atoms with van der Waals surface area (Å²) in [7, 11) is -3.49. The topological polar surface area (TPSA) is 53.5 Å². The number of hydrogen-bond acceptors (Lipinski definition) is 5. The van der Waals surface area contributed by atoms with Crippen molar-refractivity contribution in [2.75, 3.05) is 24.5 Å². The Morgan fingerprint density at radius 2 is 1.88 bits per heavy atom. The standard InChI is InChI=1S/C18H23N3O2S2/c22-25(23,20-11-2-1-3-12-20)17-9-4-10-19-18(17)21-13-5-7-15(21)16-8-6-14-24-16/h4,6,8-10,14-15H,1-3,5,7,11-13H2/t15-/m1/s1. The molecule has 2 aromatic heterocycles. The Morgan fingerprint density at radius 1 is 1.04 bits per heavy atom. The van der Waals surface area contributed by atoms with Gasteiger partial charge in [-0.05, 0) is 49.3 Å². The van der Waals surface area contributed by atoms with Gasteiger partial charge in [0.1, 0.15) is 10.7 Å². The van der Waals surface area contributed by atoms with Crippen LogP contribution in [-0.4, -0.2) is 37.3 Å². The highest BCUT2D eigenvalue weighted by Gasteiger charge is 2.34. The summed E-state index contributed by atoms with van der Waals surface area (Å²) in [6.45, 7) is 2.08. The first-order valence-electron chi connectivity index (χ1n) is 8.93. The third kappa shape index (κ3) is 3.20. The Kier molecular flexibility index (Phi) is 4.80. The van der Waals surface area contributed by atoms with Gasteiger partial charge in [0.2, 0.25) is 10.0 Å². The second-order valence-electron chi connectivity index (χ2n) is 6.66. The van der Waals surface area contributed by atoms with Gasteiger partial charge >= 0.3 is 0 Å². The van der Waals surface area contributed by atoms with Gasteiger partial charge in [-0.3, -0.25) is 0 Å². The molecule has 0 aromatic carbocycles. The fourth-order valence-electron chi connectivity index (χ4n) is 3.84. The van der Waals surface area contributed by atoms with Gasteiger partial charge in [0, 0.05) is 30.7 Å². The molecular weight excluding hydrogens is 354 g/mol. The molecule has 0 unspecified atom stereocenters. The van der Waals surface area contributed by atoms with Crippen LogP contribution in [0.4, 0.5) is 5.82 Å². The van der Waals surface area contributed by atoms with Crippen LogP contribution in [0, 0.1) is 0 Å². The zero-order valence-electron chi connectivity index (χ0n) is 14.2. The van der Waals surface area contributed by atoms with Crippen molar-refractivity contribution in [3.05, 3.63) is 40.7 Å². The number of thiophene rings is 1. The van der Waals surface area contributed by atoms with E-state index >= 15 is 0 Å². The minimum atomic E-state index is -3.49. The number of piperidine rings is 1. The molecule has 134 valence electrons. The summed E-state index contributed by atoms with van der Waals surface area (Å²) in [5.74, 6) is 0.615. The van der Waals surface area contributed by atoms with Crippen LogP contribution in [0.15, 0.2) is 40.7 Å². The van der Waals surface area contributed by atoms with Crippen LogP contribution in [0.2, 0.25) is 0 Å². The van der Waals surface area contributed by atoms with Crippen molar-refractivity contribution in [3.8, 4) is 0 Å². The maximum atomic E-state index is 13.2. The van der Waals surface area contributed by atoms with E-state index in [2.05, 4.69) is 27.4 Å². The van der Waals surface area contributed by atoms with E-state index in [0.717, 1.165) is 38.6 Å². The first-order valence-corrected chi connectivity index (χ1v) is 11.2. The molecule has 1 atom stereocenters. The van der Waals surface area contributed by atoms with Gasteiger partial charge in [-0.1, -0.05) is 12.5 Å². The first kappa shape index (κ1) is 17.0. The summed E-state index contributed by atoms with van der Waals surface area (Å²) < 4.78 is 28.1. The third-order valence-electron chi connectivity index (χ3n) is 5.08. The molecule has 0 radical (unpaired) electrons. The third-order valence-corrected chi connectivity index (χ3v) is 7.97. The van der Waals surface area contributed by atoms with Gasteiger partial charge in [0.05, 0.1) is 6.04 Å². The van der Waals surface area contributed by atoms with Crippen molar-refractivity contribution in [1.29, 1.82) is 0 Å². The van der Waals surface area contributed by atoms with Crippen LogP contribution in [0.3, 0.4) is 0 Å². The van der Waals surface area contributed by atoms with Gasteiger partial charge in [-0.2, -0.15) is 4.31 Å². The Hall–Kier alpha value is -1.44.